The van der Waals surface area contributed by atoms with Crippen LogP contribution in [0.15, 0.2) is 59.0 Å². The first kappa shape index (κ1) is 16.2. The van der Waals surface area contributed by atoms with Crippen molar-refractivity contribution in [2.45, 2.75) is 19.5 Å². The summed E-state index contributed by atoms with van der Waals surface area (Å²) in [6.07, 6.45) is 0. The average molecular weight is 323 g/mol. The van der Waals surface area contributed by atoms with Crippen LogP contribution in [0.3, 0.4) is 0 Å². The molecule has 0 aliphatic rings. The number of methoxy groups -OCH3 is 1. The largest absolute Gasteiger partial charge is 0.496 e. The normalized spacial score (nSPS) is 12.3. The van der Waals surface area contributed by atoms with E-state index in [1.807, 2.05) is 55.6 Å². The predicted octanol–water partition coefficient (Wildman–Crippen LogP) is 3.94. The minimum absolute atomic E-state index is 0.000116. The molecular weight excluding hydrogens is 302 g/mol. The van der Waals surface area contributed by atoms with E-state index in [0.717, 1.165) is 23.4 Å². The summed E-state index contributed by atoms with van der Waals surface area (Å²) >= 11 is 0. The van der Waals surface area contributed by atoms with Crippen LogP contribution in [0.5, 0.6) is 5.75 Å². The zero-order valence-corrected chi connectivity index (χ0v) is 14.1. The van der Waals surface area contributed by atoms with Crippen molar-refractivity contribution in [3.05, 3.63) is 66.1 Å². The van der Waals surface area contributed by atoms with E-state index < -0.39 is 0 Å². The third kappa shape index (κ3) is 3.46. The molecule has 124 valence electrons. The van der Waals surface area contributed by atoms with E-state index in [0.29, 0.717) is 11.8 Å². The molecule has 0 fully saturated rings. The summed E-state index contributed by atoms with van der Waals surface area (Å²) in [4.78, 5) is 2.15. The third-order valence-electron chi connectivity index (χ3n) is 4.09. The molecule has 1 atom stereocenters. The fourth-order valence-corrected chi connectivity index (χ4v) is 2.53. The van der Waals surface area contributed by atoms with Gasteiger partial charge in [-0.1, -0.05) is 36.4 Å². The Morgan fingerprint density at radius 3 is 2.50 bits per heavy atom. The second-order valence-corrected chi connectivity index (χ2v) is 5.71. The molecule has 0 spiro atoms. The van der Waals surface area contributed by atoms with Crippen molar-refractivity contribution < 1.29 is 9.15 Å². The zero-order valence-electron chi connectivity index (χ0n) is 14.1. The maximum absolute atomic E-state index is 5.85. The summed E-state index contributed by atoms with van der Waals surface area (Å²) in [6.45, 7) is 2.78. The standard InChI is InChI=1S/C19H21N3O2/c1-14(22(2)13-16-11-7-8-12-17(16)23-3)18-20-21-19(24-18)15-9-5-4-6-10-15/h4-12,14H,13H2,1-3H3. The van der Waals surface area contributed by atoms with Crippen LogP contribution in [0.4, 0.5) is 0 Å². The van der Waals surface area contributed by atoms with Gasteiger partial charge in [0.05, 0.1) is 13.2 Å². The number of aromatic nitrogens is 2. The summed E-state index contributed by atoms with van der Waals surface area (Å²) in [5.41, 5.74) is 2.05. The lowest BCUT2D eigenvalue weighted by molar-refractivity contribution is 0.215. The summed E-state index contributed by atoms with van der Waals surface area (Å²) in [5, 5.41) is 8.37. The molecule has 0 radical (unpaired) electrons. The molecule has 0 aliphatic heterocycles. The van der Waals surface area contributed by atoms with Crippen LogP contribution in [-0.2, 0) is 6.54 Å². The molecule has 3 rings (SSSR count). The van der Waals surface area contributed by atoms with Crippen LogP contribution < -0.4 is 4.74 Å². The van der Waals surface area contributed by atoms with Crippen molar-refractivity contribution in [1.82, 2.24) is 15.1 Å². The SMILES string of the molecule is COc1ccccc1CN(C)C(C)c1nnc(-c2ccccc2)o1. The highest BCUT2D eigenvalue weighted by atomic mass is 16.5. The number of benzene rings is 2. The summed E-state index contributed by atoms with van der Waals surface area (Å²) in [5.74, 6) is 2.03. The molecule has 1 unspecified atom stereocenters. The summed E-state index contributed by atoms with van der Waals surface area (Å²) in [6, 6.07) is 17.8. The molecule has 3 aromatic rings. The molecule has 1 heterocycles. The molecule has 1 aromatic heterocycles. The van der Waals surface area contributed by atoms with Gasteiger partial charge >= 0.3 is 0 Å². The van der Waals surface area contributed by atoms with Gasteiger partial charge in [0.1, 0.15) is 5.75 Å². The van der Waals surface area contributed by atoms with E-state index >= 15 is 0 Å². The van der Waals surface area contributed by atoms with Crippen LogP contribution in [-0.4, -0.2) is 29.3 Å². The third-order valence-corrected chi connectivity index (χ3v) is 4.09. The minimum Gasteiger partial charge on any atom is -0.496 e. The number of nitrogens with zero attached hydrogens (tertiary/aromatic N) is 3. The molecule has 0 saturated carbocycles. The molecule has 24 heavy (non-hydrogen) atoms. The van der Waals surface area contributed by atoms with Gasteiger partial charge in [-0.05, 0) is 32.2 Å². The van der Waals surface area contributed by atoms with Crippen LogP contribution in [0.25, 0.3) is 11.5 Å². The van der Waals surface area contributed by atoms with Gasteiger partial charge in [-0.2, -0.15) is 0 Å². The summed E-state index contributed by atoms with van der Waals surface area (Å²) in [7, 11) is 3.72. The molecule has 5 nitrogen and oxygen atoms in total. The minimum atomic E-state index is -0.000116. The van der Waals surface area contributed by atoms with Crippen LogP contribution in [0, 0.1) is 0 Å². The van der Waals surface area contributed by atoms with Crippen LogP contribution in [0.2, 0.25) is 0 Å². The molecule has 0 N–H and O–H groups in total. The summed E-state index contributed by atoms with van der Waals surface area (Å²) < 4.78 is 11.3. The molecule has 0 saturated heterocycles. The Hall–Kier alpha value is -2.66. The Morgan fingerprint density at radius 1 is 1.04 bits per heavy atom. The number of ether oxygens (including phenoxy) is 1. The maximum atomic E-state index is 5.85. The van der Waals surface area contributed by atoms with E-state index in [9.17, 15) is 0 Å². The van der Waals surface area contributed by atoms with E-state index in [1.165, 1.54) is 0 Å². The van der Waals surface area contributed by atoms with Crippen LogP contribution in [0.1, 0.15) is 24.4 Å². The molecule has 0 amide bonds. The van der Waals surface area contributed by atoms with Crippen molar-refractivity contribution in [3.63, 3.8) is 0 Å². The van der Waals surface area contributed by atoms with Crippen LogP contribution >= 0.6 is 0 Å². The second kappa shape index (κ2) is 7.27. The van der Waals surface area contributed by atoms with Gasteiger partial charge in [0, 0.05) is 17.7 Å². The van der Waals surface area contributed by atoms with E-state index in [4.69, 9.17) is 9.15 Å². The Bertz CT molecular complexity index is 786. The predicted molar refractivity (Wildman–Crippen MR) is 92.6 cm³/mol. The van der Waals surface area contributed by atoms with Crippen molar-refractivity contribution in [2.75, 3.05) is 14.2 Å². The van der Waals surface area contributed by atoms with Gasteiger partial charge in [0.15, 0.2) is 0 Å². The highest BCUT2D eigenvalue weighted by molar-refractivity contribution is 5.51. The van der Waals surface area contributed by atoms with Gasteiger partial charge in [0.25, 0.3) is 0 Å². The highest BCUT2D eigenvalue weighted by Crippen LogP contribution is 2.26. The zero-order chi connectivity index (χ0) is 16.9. The topological polar surface area (TPSA) is 51.4 Å². The molecule has 0 bridgehead atoms. The quantitative estimate of drug-likeness (QED) is 0.688. The lowest BCUT2D eigenvalue weighted by Gasteiger charge is -2.22. The van der Waals surface area contributed by atoms with Crippen molar-refractivity contribution >= 4 is 0 Å². The van der Waals surface area contributed by atoms with Gasteiger partial charge < -0.3 is 9.15 Å². The lowest BCUT2D eigenvalue weighted by atomic mass is 10.1. The Morgan fingerprint density at radius 2 is 1.75 bits per heavy atom. The number of rotatable bonds is 6. The second-order valence-electron chi connectivity index (χ2n) is 5.71. The molecular formula is C19H21N3O2. The fourth-order valence-electron chi connectivity index (χ4n) is 2.53. The van der Waals surface area contributed by atoms with Gasteiger partial charge in [0.2, 0.25) is 11.8 Å². The molecule has 0 aliphatic carbocycles. The van der Waals surface area contributed by atoms with Gasteiger partial charge in [-0.15, -0.1) is 10.2 Å². The maximum Gasteiger partial charge on any atom is 0.247 e. The smallest absolute Gasteiger partial charge is 0.247 e. The Balaban J connectivity index is 1.74. The molecule has 2 aromatic carbocycles. The lowest BCUT2D eigenvalue weighted by Crippen LogP contribution is -2.22. The first-order valence-corrected chi connectivity index (χ1v) is 7.90. The monoisotopic (exact) mass is 323 g/mol. The number of para-hydroxylation sites is 1. The van der Waals surface area contributed by atoms with Gasteiger partial charge in [-0.25, -0.2) is 0 Å². The van der Waals surface area contributed by atoms with E-state index in [2.05, 4.69) is 28.1 Å². The van der Waals surface area contributed by atoms with Crippen molar-refractivity contribution in [1.29, 1.82) is 0 Å². The Labute approximate surface area is 141 Å². The first-order valence-electron chi connectivity index (χ1n) is 7.90. The number of hydrogen-bond acceptors (Lipinski definition) is 5. The van der Waals surface area contributed by atoms with Gasteiger partial charge in [-0.3, -0.25) is 4.90 Å². The Kier molecular flexibility index (Phi) is 4.91. The fraction of sp³-hybridized carbons (Fsp3) is 0.263. The van der Waals surface area contributed by atoms with E-state index in [1.54, 1.807) is 7.11 Å². The highest BCUT2D eigenvalue weighted by Gasteiger charge is 2.20. The number of hydrogen-bond donors (Lipinski definition) is 0. The van der Waals surface area contributed by atoms with Crippen molar-refractivity contribution in [3.8, 4) is 17.2 Å². The van der Waals surface area contributed by atoms with Crippen molar-refractivity contribution in [2.24, 2.45) is 0 Å². The first-order chi connectivity index (χ1) is 11.7. The molecule has 5 heteroatoms. The van der Waals surface area contributed by atoms with E-state index in [-0.39, 0.29) is 6.04 Å². The average Bonchev–Trinajstić information content (AvgIpc) is 3.12.